The molecule has 170 valence electrons. The summed E-state index contributed by atoms with van der Waals surface area (Å²) in [6, 6.07) is 16.4. The van der Waals surface area contributed by atoms with Crippen molar-refractivity contribution in [3.05, 3.63) is 65.7 Å². The van der Waals surface area contributed by atoms with E-state index in [0.29, 0.717) is 19.6 Å². The highest BCUT2D eigenvalue weighted by atomic mass is 32.2. The topological polar surface area (TPSA) is 82.1 Å². The van der Waals surface area contributed by atoms with E-state index in [9.17, 15) is 13.5 Å². The van der Waals surface area contributed by atoms with Gasteiger partial charge in [0.25, 0.3) is 10.1 Å². The Morgan fingerprint density at radius 1 is 1.13 bits per heavy atom. The van der Waals surface area contributed by atoms with Crippen LogP contribution < -0.4 is 0 Å². The summed E-state index contributed by atoms with van der Waals surface area (Å²) in [4.78, 5) is 0.113. The molecule has 0 spiro atoms. The van der Waals surface area contributed by atoms with Gasteiger partial charge in [-0.05, 0) is 24.6 Å². The minimum atomic E-state index is -3.88. The highest BCUT2D eigenvalue weighted by molar-refractivity contribution is 7.86. The molecule has 7 heteroatoms. The maximum absolute atomic E-state index is 12.5. The van der Waals surface area contributed by atoms with Crippen LogP contribution in [0.15, 0.2) is 59.5 Å². The number of aliphatic hydroxyl groups is 1. The van der Waals surface area contributed by atoms with Crippen molar-refractivity contribution in [1.29, 1.82) is 0 Å². The summed E-state index contributed by atoms with van der Waals surface area (Å²) in [5.74, 6) is -0.0508. The second-order valence-electron chi connectivity index (χ2n) is 8.41. The van der Waals surface area contributed by atoms with Crippen LogP contribution in [0.1, 0.15) is 31.4 Å². The molecule has 0 unspecified atom stereocenters. The summed E-state index contributed by atoms with van der Waals surface area (Å²) in [6.45, 7) is 6.71. The van der Waals surface area contributed by atoms with Crippen molar-refractivity contribution in [3.8, 4) is 0 Å². The van der Waals surface area contributed by atoms with Gasteiger partial charge in [0.15, 0.2) is 0 Å². The van der Waals surface area contributed by atoms with Crippen LogP contribution in [0.2, 0.25) is 0 Å². The molecule has 1 fully saturated rings. The molecular formula is C24H32O6S. The van der Waals surface area contributed by atoms with Gasteiger partial charge in [0.2, 0.25) is 0 Å². The van der Waals surface area contributed by atoms with Gasteiger partial charge < -0.3 is 14.6 Å². The predicted molar refractivity (Wildman–Crippen MR) is 118 cm³/mol. The monoisotopic (exact) mass is 448 g/mol. The summed E-state index contributed by atoms with van der Waals surface area (Å²) in [5.41, 5.74) is 2.07. The van der Waals surface area contributed by atoms with Gasteiger partial charge in [0, 0.05) is 18.3 Å². The lowest BCUT2D eigenvalue weighted by Crippen LogP contribution is -2.48. The van der Waals surface area contributed by atoms with Crippen molar-refractivity contribution >= 4 is 10.1 Å². The maximum Gasteiger partial charge on any atom is 0.297 e. The Balaban J connectivity index is 1.54. The first kappa shape index (κ1) is 23.9. The summed E-state index contributed by atoms with van der Waals surface area (Å²) in [7, 11) is -3.88. The zero-order valence-electron chi connectivity index (χ0n) is 18.3. The second-order valence-corrected chi connectivity index (χ2v) is 10.0. The highest BCUT2D eigenvalue weighted by Crippen LogP contribution is 2.31. The average Bonchev–Trinajstić information content (AvgIpc) is 2.75. The number of hydrogen-bond donors (Lipinski definition) is 1. The van der Waals surface area contributed by atoms with Crippen LogP contribution in [0.25, 0.3) is 0 Å². The number of hydrogen-bond acceptors (Lipinski definition) is 6. The van der Waals surface area contributed by atoms with Gasteiger partial charge in [-0.15, -0.1) is 0 Å². The molecule has 3 rings (SSSR count). The normalized spacial score (nSPS) is 25.3. The molecule has 1 saturated heterocycles. The summed E-state index contributed by atoms with van der Waals surface area (Å²) in [6.07, 6.45) is -1.02. The van der Waals surface area contributed by atoms with Gasteiger partial charge in [0.1, 0.15) is 0 Å². The number of ether oxygens (including phenoxy) is 2. The first-order chi connectivity index (χ1) is 14.8. The molecule has 5 atom stereocenters. The molecule has 1 aliphatic heterocycles. The average molecular weight is 449 g/mol. The molecule has 31 heavy (non-hydrogen) atoms. The summed E-state index contributed by atoms with van der Waals surface area (Å²) in [5, 5.41) is 10.5. The Morgan fingerprint density at radius 2 is 1.81 bits per heavy atom. The molecule has 2 aromatic carbocycles. The third-order valence-electron chi connectivity index (χ3n) is 5.75. The Morgan fingerprint density at radius 3 is 2.48 bits per heavy atom. The van der Waals surface area contributed by atoms with E-state index in [1.807, 2.05) is 51.1 Å². The van der Waals surface area contributed by atoms with Crippen molar-refractivity contribution in [2.45, 2.75) is 57.0 Å². The lowest BCUT2D eigenvalue weighted by molar-refractivity contribution is -0.164. The maximum atomic E-state index is 12.5. The molecular weight excluding hydrogens is 416 g/mol. The summed E-state index contributed by atoms with van der Waals surface area (Å²) >= 11 is 0. The van der Waals surface area contributed by atoms with Crippen LogP contribution in [0.3, 0.4) is 0 Å². The van der Waals surface area contributed by atoms with Gasteiger partial charge in [-0.1, -0.05) is 61.9 Å². The van der Waals surface area contributed by atoms with E-state index < -0.39 is 22.3 Å². The fourth-order valence-electron chi connectivity index (χ4n) is 3.83. The van der Waals surface area contributed by atoms with Crippen molar-refractivity contribution < 1.29 is 27.2 Å². The molecule has 0 amide bonds. The zero-order chi connectivity index (χ0) is 22.4. The van der Waals surface area contributed by atoms with Crippen molar-refractivity contribution in [3.63, 3.8) is 0 Å². The van der Waals surface area contributed by atoms with E-state index in [-0.39, 0.29) is 29.4 Å². The molecule has 1 heterocycles. The molecule has 0 aromatic heterocycles. The van der Waals surface area contributed by atoms with Crippen LogP contribution >= 0.6 is 0 Å². The van der Waals surface area contributed by atoms with E-state index in [4.69, 9.17) is 13.7 Å². The quantitative estimate of drug-likeness (QED) is 0.589. The highest BCUT2D eigenvalue weighted by Gasteiger charge is 2.38. The number of rotatable bonds is 9. The molecule has 0 bridgehead atoms. The van der Waals surface area contributed by atoms with E-state index in [1.165, 1.54) is 12.1 Å². The molecule has 1 N–H and O–H groups in total. The number of benzene rings is 2. The number of aliphatic hydroxyl groups excluding tert-OH is 1. The van der Waals surface area contributed by atoms with Crippen LogP contribution in [-0.2, 0) is 30.4 Å². The van der Waals surface area contributed by atoms with Gasteiger partial charge in [-0.3, -0.25) is 4.18 Å². The molecule has 0 saturated carbocycles. The Labute approximate surface area is 185 Å². The fourth-order valence-corrected chi connectivity index (χ4v) is 4.77. The van der Waals surface area contributed by atoms with Gasteiger partial charge in [-0.25, -0.2) is 0 Å². The zero-order valence-corrected chi connectivity index (χ0v) is 19.1. The Kier molecular flexibility index (Phi) is 8.24. The first-order valence-corrected chi connectivity index (χ1v) is 12.1. The van der Waals surface area contributed by atoms with Gasteiger partial charge >= 0.3 is 0 Å². The summed E-state index contributed by atoms with van der Waals surface area (Å²) < 4.78 is 42.2. The van der Waals surface area contributed by atoms with Crippen LogP contribution in [0, 0.1) is 18.8 Å². The van der Waals surface area contributed by atoms with Crippen LogP contribution in [0.4, 0.5) is 0 Å². The van der Waals surface area contributed by atoms with Crippen molar-refractivity contribution in [1.82, 2.24) is 0 Å². The standard InChI is InChI=1S/C24H32O6S/c1-17-9-11-22(12-10-17)31(26,27)29-16-21-13-23(25)19(3)24(30-21)18(2)14-28-15-20-7-5-4-6-8-20/h4-12,18-19,21,23-25H,13-16H2,1-3H3/t18-,19-,21+,23+,24+/m1/s1. The molecule has 2 aromatic rings. The molecule has 0 aliphatic carbocycles. The van der Waals surface area contributed by atoms with E-state index >= 15 is 0 Å². The third-order valence-corrected chi connectivity index (χ3v) is 7.05. The van der Waals surface area contributed by atoms with E-state index in [0.717, 1.165) is 11.1 Å². The van der Waals surface area contributed by atoms with Crippen LogP contribution in [0.5, 0.6) is 0 Å². The lowest BCUT2D eigenvalue weighted by atomic mass is 9.84. The number of aryl methyl sites for hydroxylation is 1. The minimum Gasteiger partial charge on any atom is -0.393 e. The minimum absolute atomic E-state index is 0.0323. The molecule has 6 nitrogen and oxygen atoms in total. The van der Waals surface area contributed by atoms with E-state index in [1.54, 1.807) is 12.1 Å². The Hall–Kier alpha value is -1.77. The van der Waals surface area contributed by atoms with Crippen molar-refractivity contribution in [2.75, 3.05) is 13.2 Å². The van der Waals surface area contributed by atoms with E-state index in [2.05, 4.69) is 0 Å². The fraction of sp³-hybridized carbons (Fsp3) is 0.500. The Bertz CT molecular complexity index is 913. The smallest absolute Gasteiger partial charge is 0.297 e. The van der Waals surface area contributed by atoms with Gasteiger partial charge in [0.05, 0.1) is 43.0 Å². The lowest BCUT2D eigenvalue weighted by Gasteiger charge is -2.40. The second kappa shape index (κ2) is 10.7. The molecule has 0 radical (unpaired) electrons. The predicted octanol–water partition coefficient (Wildman–Crippen LogP) is 3.71. The molecule has 1 aliphatic rings. The van der Waals surface area contributed by atoms with Crippen LogP contribution in [-0.4, -0.2) is 45.0 Å². The third kappa shape index (κ3) is 6.60. The largest absolute Gasteiger partial charge is 0.393 e. The van der Waals surface area contributed by atoms with Crippen molar-refractivity contribution in [2.24, 2.45) is 11.8 Å². The SMILES string of the molecule is Cc1ccc(S(=O)(=O)OC[C@@H]2C[C@H](O)[C@@H](C)[C@H]([C@H](C)COCc3ccccc3)O2)cc1. The van der Waals surface area contributed by atoms with Gasteiger partial charge in [-0.2, -0.15) is 8.42 Å². The first-order valence-electron chi connectivity index (χ1n) is 10.7.